The second-order valence-corrected chi connectivity index (χ2v) is 9.15. The normalized spacial score (nSPS) is 12.2. The van der Waals surface area contributed by atoms with Crippen molar-refractivity contribution in [2.75, 3.05) is 14.2 Å². The van der Waals surface area contributed by atoms with E-state index in [1.165, 1.54) is 12.1 Å². The third-order valence-electron chi connectivity index (χ3n) is 6.67. The third kappa shape index (κ3) is 5.68. The van der Waals surface area contributed by atoms with Gasteiger partial charge in [-0.05, 0) is 58.8 Å². The summed E-state index contributed by atoms with van der Waals surface area (Å²) in [5.74, 6) is 2.14. The molecule has 5 rings (SSSR count). The van der Waals surface area contributed by atoms with E-state index < -0.39 is 0 Å². The summed E-state index contributed by atoms with van der Waals surface area (Å²) in [4.78, 5) is 18.3. The van der Waals surface area contributed by atoms with E-state index >= 15 is 0 Å². The highest BCUT2D eigenvalue weighted by Crippen LogP contribution is 2.32. The third-order valence-corrected chi connectivity index (χ3v) is 6.67. The molecule has 1 atom stereocenters. The van der Waals surface area contributed by atoms with Gasteiger partial charge in [-0.2, -0.15) is 0 Å². The second kappa shape index (κ2) is 11.5. The monoisotopic (exact) mass is 532 g/mol. The number of aromatic nitrogens is 5. The van der Waals surface area contributed by atoms with Gasteiger partial charge in [-0.1, -0.05) is 19.1 Å². The first-order valence-corrected chi connectivity index (χ1v) is 12.5. The lowest BCUT2D eigenvalue weighted by Gasteiger charge is -2.30. The molecule has 0 saturated carbocycles. The van der Waals surface area contributed by atoms with Crippen LogP contribution in [-0.2, 0) is 19.6 Å². The quantitative estimate of drug-likeness (QED) is 0.265. The summed E-state index contributed by atoms with van der Waals surface area (Å²) in [5, 5.41) is 13.3. The maximum absolute atomic E-state index is 13.7. The van der Waals surface area contributed by atoms with Crippen LogP contribution in [0.25, 0.3) is 10.9 Å². The Labute approximate surface area is 224 Å². The van der Waals surface area contributed by atoms with Crippen LogP contribution in [0.15, 0.2) is 70.1 Å². The predicted octanol–water partition coefficient (Wildman–Crippen LogP) is 4.47. The minimum atomic E-state index is -0.310. The Kier molecular flexibility index (Phi) is 7.69. The number of pyridine rings is 1. The Morgan fingerprint density at radius 3 is 2.54 bits per heavy atom. The van der Waals surface area contributed by atoms with Gasteiger partial charge in [0.25, 0.3) is 5.56 Å². The summed E-state index contributed by atoms with van der Waals surface area (Å²) in [5.41, 5.74) is 1.87. The average Bonchev–Trinajstić information content (AvgIpc) is 3.63. The highest BCUT2D eigenvalue weighted by Gasteiger charge is 2.26. The van der Waals surface area contributed by atoms with Gasteiger partial charge >= 0.3 is 0 Å². The lowest BCUT2D eigenvalue weighted by atomic mass is 10.1. The molecule has 1 N–H and O–H groups in total. The van der Waals surface area contributed by atoms with Crippen LogP contribution in [0.4, 0.5) is 4.39 Å². The molecule has 0 radical (unpaired) electrons. The molecule has 0 spiro atoms. The van der Waals surface area contributed by atoms with E-state index in [9.17, 15) is 9.18 Å². The van der Waals surface area contributed by atoms with E-state index in [-0.39, 0.29) is 17.4 Å². The predicted molar refractivity (Wildman–Crippen MR) is 142 cm³/mol. The van der Waals surface area contributed by atoms with Crippen molar-refractivity contribution in [3.63, 3.8) is 0 Å². The van der Waals surface area contributed by atoms with Crippen LogP contribution < -0.4 is 15.0 Å². The number of nitrogens with zero attached hydrogens (tertiary/aromatic N) is 5. The Morgan fingerprint density at radius 1 is 1.08 bits per heavy atom. The van der Waals surface area contributed by atoms with Crippen molar-refractivity contribution in [3.05, 3.63) is 99.7 Å². The number of hydrogen-bond acceptors (Lipinski definition) is 8. The maximum atomic E-state index is 13.7. The molecular formula is C28H29FN6O4. The Hall–Kier alpha value is -4.51. The number of rotatable bonds is 11. The van der Waals surface area contributed by atoms with Gasteiger partial charge in [0.05, 0.1) is 32.0 Å². The molecule has 0 aliphatic carbocycles. The van der Waals surface area contributed by atoms with Crippen LogP contribution in [0.1, 0.15) is 42.1 Å². The molecule has 2 aromatic carbocycles. The zero-order valence-electron chi connectivity index (χ0n) is 21.9. The first-order chi connectivity index (χ1) is 19.0. The van der Waals surface area contributed by atoms with Crippen molar-refractivity contribution in [1.29, 1.82) is 0 Å². The van der Waals surface area contributed by atoms with Gasteiger partial charge in [0, 0.05) is 30.1 Å². The highest BCUT2D eigenvalue weighted by atomic mass is 19.1. The Bertz CT molecular complexity index is 1600. The molecule has 0 aliphatic rings. The lowest BCUT2D eigenvalue weighted by Crippen LogP contribution is -2.32. The van der Waals surface area contributed by atoms with E-state index in [2.05, 4.69) is 25.4 Å². The van der Waals surface area contributed by atoms with Gasteiger partial charge in [-0.25, -0.2) is 9.07 Å². The van der Waals surface area contributed by atoms with Crippen LogP contribution in [0, 0.1) is 5.82 Å². The molecule has 202 valence electrons. The zero-order chi connectivity index (χ0) is 27.4. The largest absolute Gasteiger partial charge is 0.493 e. The van der Waals surface area contributed by atoms with Crippen molar-refractivity contribution in [3.8, 4) is 11.5 Å². The SMILES string of the molecule is CCC(c1nnnn1Cc1ccco1)N(Cc1ccc(F)cc1)Cc1cc2cc(OC)c(OC)cc2[nH]c1=O. The Morgan fingerprint density at radius 2 is 1.85 bits per heavy atom. The van der Waals surface area contributed by atoms with Crippen LogP contribution in [0.2, 0.25) is 0 Å². The average molecular weight is 533 g/mol. The smallest absolute Gasteiger partial charge is 0.252 e. The number of benzene rings is 2. The van der Waals surface area contributed by atoms with E-state index in [1.54, 1.807) is 43.4 Å². The summed E-state index contributed by atoms with van der Waals surface area (Å²) in [6.45, 7) is 3.14. The molecule has 1 unspecified atom stereocenters. The summed E-state index contributed by atoms with van der Waals surface area (Å²) < 4.78 is 31.7. The van der Waals surface area contributed by atoms with Crippen LogP contribution >= 0.6 is 0 Å². The number of H-pyrrole nitrogens is 1. The zero-order valence-corrected chi connectivity index (χ0v) is 21.9. The number of furan rings is 1. The minimum Gasteiger partial charge on any atom is -0.493 e. The first kappa shape index (κ1) is 26.1. The number of aromatic amines is 1. The van der Waals surface area contributed by atoms with E-state index in [1.807, 2.05) is 31.2 Å². The fourth-order valence-corrected chi connectivity index (χ4v) is 4.73. The molecule has 0 amide bonds. The summed E-state index contributed by atoms with van der Waals surface area (Å²) in [6.07, 6.45) is 2.27. The van der Waals surface area contributed by atoms with Crippen molar-refractivity contribution < 1.29 is 18.3 Å². The van der Waals surface area contributed by atoms with Crippen LogP contribution in [0.3, 0.4) is 0 Å². The standard InChI is InChI=1S/C28H29FN6O4/c1-4-24(27-31-32-33-35(27)17-22-6-5-11-39-22)34(15-18-7-9-21(29)10-8-18)16-20-12-19-13-25(37-2)26(38-3)14-23(19)30-28(20)36/h5-14,24H,4,15-17H2,1-3H3,(H,30,36). The molecule has 39 heavy (non-hydrogen) atoms. The Balaban J connectivity index is 1.53. The maximum Gasteiger partial charge on any atom is 0.252 e. The fourth-order valence-electron chi connectivity index (χ4n) is 4.73. The summed E-state index contributed by atoms with van der Waals surface area (Å²) in [7, 11) is 3.12. The molecule has 3 aromatic heterocycles. The number of tetrazole rings is 1. The highest BCUT2D eigenvalue weighted by molar-refractivity contribution is 5.83. The molecule has 0 saturated heterocycles. The van der Waals surface area contributed by atoms with Crippen molar-refractivity contribution in [1.82, 2.24) is 30.1 Å². The topological polar surface area (TPSA) is 111 Å². The molecule has 0 aliphatic heterocycles. The molecule has 0 fully saturated rings. The van der Waals surface area contributed by atoms with Gasteiger partial charge < -0.3 is 18.9 Å². The molecule has 5 aromatic rings. The van der Waals surface area contributed by atoms with Gasteiger partial charge in [-0.3, -0.25) is 9.69 Å². The number of hydrogen-bond donors (Lipinski definition) is 1. The van der Waals surface area contributed by atoms with Gasteiger partial charge in [0.15, 0.2) is 17.3 Å². The molecule has 3 heterocycles. The summed E-state index contributed by atoms with van der Waals surface area (Å²) in [6, 6.07) is 15.2. The first-order valence-electron chi connectivity index (χ1n) is 12.5. The van der Waals surface area contributed by atoms with Gasteiger partial charge in [-0.15, -0.1) is 5.10 Å². The van der Waals surface area contributed by atoms with Crippen molar-refractivity contribution in [2.45, 2.75) is 39.0 Å². The molecule has 10 nitrogen and oxygen atoms in total. The van der Waals surface area contributed by atoms with E-state index in [4.69, 9.17) is 13.9 Å². The molecule has 0 bridgehead atoms. The number of ether oxygens (including phenoxy) is 2. The number of nitrogens with one attached hydrogen (secondary N) is 1. The van der Waals surface area contributed by atoms with Gasteiger partial charge in [0.2, 0.25) is 0 Å². The van der Waals surface area contributed by atoms with Crippen molar-refractivity contribution in [2.24, 2.45) is 0 Å². The number of methoxy groups -OCH3 is 2. The minimum absolute atomic E-state index is 0.219. The van der Waals surface area contributed by atoms with E-state index in [0.29, 0.717) is 54.5 Å². The van der Waals surface area contributed by atoms with Crippen LogP contribution in [-0.4, -0.2) is 44.3 Å². The summed E-state index contributed by atoms with van der Waals surface area (Å²) >= 11 is 0. The molecule has 11 heteroatoms. The number of fused-ring (bicyclic) bond motifs is 1. The molecular weight excluding hydrogens is 503 g/mol. The lowest BCUT2D eigenvalue weighted by molar-refractivity contribution is 0.161. The fraction of sp³-hybridized carbons (Fsp3) is 0.286. The van der Waals surface area contributed by atoms with Crippen LogP contribution in [0.5, 0.6) is 11.5 Å². The number of halogens is 1. The van der Waals surface area contributed by atoms with E-state index in [0.717, 1.165) is 16.7 Å². The van der Waals surface area contributed by atoms with Crippen molar-refractivity contribution >= 4 is 10.9 Å². The second-order valence-electron chi connectivity index (χ2n) is 9.15. The van der Waals surface area contributed by atoms with Gasteiger partial charge in [0.1, 0.15) is 18.1 Å².